The normalized spacial score (nSPS) is 22.8. The molecule has 2 N–H and O–H groups in total. The van der Waals surface area contributed by atoms with Gasteiger partial charge in [-0.25, -0.2) is 9.18 Å². The van der Waals surface area contributed by atoms with Crippen molar-refractivity contribution in [3.8, 4) is 0 Å². The Morgan fingerprint density at radius 3 is 2.63 bits per heavy atom. The molecule has 1 fully saturated rings. The average Bonchev–Trinajstić information content (AvgIpc) is 2.41. The summed E-state index contributed by atoms with van der Waals surface area (Å²) in [6.07, 6.45) is 4.69. The number of urea groups is 1. The second-order valence-corrected chi connectivity index (χ2v) is 5.32. The molecule has 2 rings (SSSR count). The Hall–Kier alpha value is -1.58. The number of halogens is 1. The van der Waals surface area contributed by atoms with Crippen LogP contribution in [0.1, 0.15) is 38.2 Å². The summed E-state index contributed by atoms with van der Waals surface area (Å²) in [5.74, 6) is 0.287. The van der Waals surface area contributed by atoms with E-state index < -0.39 is 0 Å². The highest BCUT2D eigenvalue weighted by Crippen LogP contribution is 2.23. The number of rotatable bonds is 3. The Bertz CT molecular complexity index is 419. The highest BCUT2D eigenvalue weighted by atomic mass is 19.1. The van der Waals surface area contributed by atoms with Crippen LogP contribution in [0.2, 0.25) is 0 Å². The number of benzene rings is 1. The number of nitrogens with one attached hydrogen (secondary N) is 2. The van der Waals surface area contributed by atoms with Crippen LogP contribution in [0.25, 0.3) is 0 Å². The third-order valence-corrected chi connectivity index (χ3v) is 3.79. The van der Waals surface area contributed by atoms with E-state index in [1.807, 2.05) is 0 Å². The van der Waals surface area contributed by atoms with E-state index in [2.05, 4.69) is 17.6 Å². The number of carbonyl (C=O) groups is 1. The van der Waals surface area contributed by atoms with Crippen LogP contribution in [0.15, 0.2) is 24.3 Å². The lowest BCUT2D eigenvalue weighted by atomic mass is 9.86. The van der Waals surface area contributed by atoms with Crippen LogP contribution < -0.4 is 10.6 Å². The molecule has 0 spiro atoms. The van der Waals surface area contributed by atoms with Crippen molar-refractivity contribution in [2.45, 2.75) is 45.2 Å². The minimum absolute atomic E-state index is 0.136. The average molecular weight is 264 g/mol. The molecule has 0 aromatic heterocycles. The fourth-order valence-electron chi connectivity index (χ4n) is 2.53. The fraction of sp³-hybridized carbons (Fsp3) is 0.533. The monoisotopic (exact) mass is 264 g/mol. The fourth-order valence-corrected chi connectivity index (χ4v) is 2.53. The number of hydrogen-bond donors (Lipinski definition) is 2. The van der Waals surface area contributed by atoms with Gasteiger partial charge in [0.1, 0.15) is 5.82 Å². The van der Waals surface area contributed by atoms with Crippen molar-refractivity contribution in [2.24, 2.45) is 5.92 Å². The van der Waals surface area contributed by atoms with Gasteiger partial charge in [-0.3, -0.25) is 0 Å². The van der Waals surface area contributed by atoms with Crippen molar-refractivity contribution in [2.75, 3.05) is 0 Å². The van der Waals surface area contributed by atoms with E-state index in [0.717, 1.165) is 12.0 Å². The van der Waals surface area contributed by atoms with Crippen LogP contribution in [-0.2, 0) is 6.54 Å². The van der Waals surface area contributed by atoms with Gasteiger partial charge in [-0.2, -0.15) is 0 Å². The summed E-state index contributed by atoms with van der Waals surface area (Å²) >= 11 is 0. The van der Waals surface area contributed by atoms with Crippen molar-refractivity contribution < 1.29 is 9.18 Å². The van der Waals surface area contributed by atoms with Crippen molar-refractivity contribution in [3.63, 3.8) is 0 Å². The molecule has 0 saturated heterocycles. The molecule has 0 unspecified atom stereocenters. The maximum atomic E-state index is 12.7. The molecule has 19 heavy (non-hydrogen) atoms. The molecule has 104 valence electrons. The molecule has 1 aromatic carbocycles. The molecule has 0 radical (unpaired) electrons. The van der Waals surface area contributed by atoms with Crippen LogP contribution in [0.3, 0.4) is 0 Å². The molecular weight excluding hydrogens is 243 g/mol. The maximum Gasteiger partial charge on any atom is 0.315 e. The number of amides is 2. The van der Waals surface area contributed by atoms with E-state index in [4.69, 9.17) is 0 Å². The van der Waals surface area contributed by atoms with Gasteiger partial charge in [-0.15, -0.1) is 0 Å². The molecule has 0 heterocycles. The molecule has 1 aliphatic rings. The predicted octanol–water partition coefficient (Wildman–Crippen LogP) is 3.20. The van der Waals surface area contributed by atoms with Gasteiger partial charge in [-0.1, -0.05) is 31.9 Å². The highest BCUT2D eigenvalue weighted by Gasteiger charge is 2.22. The smallest absolute Gasteiger partial charge is 0.315 e. The molecule has 0 aliphatic heterocycles. The summed E-state index contributed by atoms with van der Waals surface area (Å²) in [5, 5.41) is 5.84. The van der Waals surface area contributed by atoms with Crippen molar-refractivity contribution in [3.05, 3.63) is 35.6 Å². The minimum atomic E-state index is -0.260. The van der Waals surface area contributed by atoms with E-state index in [1.54, 1.807) is 12.1 Å². The van der Waals surface area contributed by atoms with Crippen molar-refractivity contribution >= 4 is 6.03 Å². The summed E-state index contributed by atoms with van der Waals surface area (Å²) < 4.78 is 12.7. The molecule has 2 amide bonds. The zero-order chi connectivity index (χ0) is 13.7. The molecule has 4 heteroatoms. The molecule has 1 aromatic rings. The quantitative estimate of drug-likeness (QED) is 0.864. The van der Waals surface area contributed by atoms with Crippen LogP contribution in [0.5, 0.6) is 0 Å². The van der Waals surface area contributed by atoms with Crippen LogP contribution in [0, 0.1) is 11.7 Å². The molecule has 2 atom stereocenters. The first-order valence-electron chi connectivity index (χ1n) is 6.94. The standard InChI is InChI=1S/C15H21FN2O/c1-11-4-2-3-5-14(11)18-15(19)17-10-12-6-8-13(16)9-7-12/h6-9,11,14H,2-5,10H2,1H3,(H2,17,18,19)/t11-,14-/m1/s1. The van der Waals surface area contributed by atoms with E-state index in [9.17, 15) is 9.18 Å². The number of hydrogen-bond acceptors (Lipinski definition) is 1. The molecule has 1 saturated carbocycles. The van der Waals surface area contributed by atoms with Crippen molar-refractivity contribution in [1.29, 1.82) is 0 Å². The molecule has 1 aliphatic carbocycles. The SMILES string of the molecule is C[C@@H]1CCCC[C@H]1NC(=O)NCc1ccc(F)cc1. The Balaban J connectivity index is 1.76. The summed E-state index contributed by atoms with van der Waals surface area (Å²) in [6, 6.07) is 6.30. The van der Waals surface area contributed by atoms with Crippen LogP contribution in [-0.4, -0.2) is 12.1 Å². The van der Waals surface area contributed by atoms with Gasteiger partial charge in [0.15, 0.2) is 0 Å². The zero-order valence-corrected chi connectivity index (χ0v) is 11.3. The van der Waals surface area contributed by atoms with E-state index >= 15 is 0 Å². The Morgan fingerprint density at radius 1 is 1.26 bits per heavy atom. The lowest BCUT2D eigenvalue weighted by Gasteiger charge is -2.29. The van der Waals surface area contributed by atoms with Gasteiger partial charge >= 0.3 is 6.03 Å². The van der Waals surface area contributed by atoms with Crippen LogP contribution >= 0.6 is 0 Å². The van der Waals surface area contributed by atoms with Gasteiger partial charge in [0, 0.05) is 12.6 Å². The lowest BCUT2D eigenvalue weighted by Crippen LogP contribution is -2.45. The zero-order valence-electron chi connectivity index (χ0n) is 11.3. The Labute approximate surface area is 113 Å². The third kappa shape index (κ3) is 4.23. The second kappa shape index (κ2) is 6.55. The van der Waals surface area contributed by atoms with Gasteiger partial charge in [0.05, 0.1) is 0 Å². The minimum Gasteiger partial charge on any atom is -0.335 e. The van der Waals surface area contributed by atoms with Gasteiger partial charge in [-0.05, 0) is 36.5 Å². The van der Waals surface area contributed by atoms with E-state index in [0.29, 0.717) is 12.5 Å². The van der Waals surface area contributed by atoms with Gasteiger partial charge in [0.2, 0.25) is 0 Å². The second-order valence-electron chi connectivity index (χ2n) is 5.32. The highest BCUT2D eigenvalue weighted by molar-refractivity contribution is 5.74. The number of carbonyl (C=O) groups excluding carboxylic acids is 1. The Kier molecular flexibility index (Phi) is 4.77. The molecule has 3 nitrogen and oxygen atoms in total. The summed E-state index contributed by atoms with van der Waals surface area (Å²) in [5.41, 5.74) is 0.897. The maximum absolute atomic E-state index is 12.7. The first-order chi connectivity index (χ1) is 9.15. The molecular formula is C15H21FN2O. The largest absolute Gasteiger partial charge is 0.335 e. The first-order valence-corrected chi connectivity index (χ1v) is 6.94. The first kappa shape index (κ1) is 13.8. The third-order valence-electron chi connectivity index (χ3n) is 3.79. The van der Waals surface area contributed by atoms with E-state index in [-0.39, 0.29) is 17.9 Å². The summed E-state index contributed by atoms with van der Waals surface area (Å²) in [7, 11) is 0. The topological polar surface area (TPSA) is 41.1 Å². The summed E-state index contributed by atoms with van der Waals surface area (Å²) in [6.45, 7) is 2.61. The predicted molar refractivity (Wildman–Crippen MR) is 73.2 cm³/mol. The summed E-state index contributed by atoms with van der Waals surface area (Å²) in [4.78, 5) is 11.8. The van der Waals surface area contributed by atoms with Crippen molar-refractivity contribution in [1.82, 2.24) is 10.6 Å². The van der Waals surface area contributed by atoms with Gasteiger partial charge < -0.3 is 10.6 Å². The Morgan fingerprint density at radius 2 is 1.95 bits per heavy atom. The van der Waals surface area contributed by atoms with Gasteiger partial charge in [0.25, 0.3) is 0 Å². The van der Waals surface area contributed by atoms with E-state index in [1.165, 1.54) is 31.4 Å². The van der Waals surface area contributed by atoms with Crippen LogP contribution in [0.4, 0.5) is 9.18 Å². The molecule has 0 bridgehead atoms. The lowest BCUT2D eigenvalue weighted by molar-refractivity contribution is 0.221.